The summed E-state index contributed by atoms with van der Waals surface area (Å²) < 4.78 is 9.88. The third-order valence-electron chi connectivity index (χ3n) is 4.95. The Labute approximate surface area is 171 Å². The van der Waals surface area contributed by atoms with Crippen LogP contribution in [0.2, 0.25) is 0 Å². The second kappa shape index (κ2) is 9.73. The maximum absolute atomic E-state index is 5.48. The molecule has 152 valence electrons. The molecule has 1 saturated heterocycles. The van der Waals surface area contributed by atoms with E-state index in [1.807, 2.05) is 13.1 Å². The first-order valence-corrected chi connectivity index (χ1v) is 10.6. The summed E-state index contributed by atoms with van der Waals surface area (Å²) in [6, 6.07) is 6.31. The molecule has 0 unspecified atom stereocenters. The fraction of sp³-hybridized carbons (Fsp3) is 0.550. The van der Waals surface area contributed by atoms with Crippen molar-refractivity contribution in [3.8, 4) is 5.75 Å². The van der Waals surface area contributed by atoms with E-state index < -0.39 is 0 Å². The second-order valence-electron chi connectivity index (χ2n) is 6.86. The van der Waals surface area contributed by atoms with Crippen molar-refractivity contribution in [1.29, 1.82) is 0 Å². The molecule has 28 heavy (non-hydrogen) atoms. The zero-order chi connectivity index (χ0) is 19.9. The van der Waals surface area contributed by atoms with Gasteiger partial charge in [0.25, 0.3) is 0 Å². The number of aryl methyl sites for hydroxylation is 2. The van der Waals surface area contributed by atoms with Gasteiger partial charge in [0.05, 0.1) is 7.11 Å². The topological polar surface area (TPSA) is 65.9 Å². The molecular weight excluding hydrogens is 372 g/mol. The number of hydrogen-bond acceptors (Lipinski definition) is 6. The molecule has 1 N–H and O–H groups in total. The zero-order valence-electron chi connectivity index (χ0n) is 17.2. The number of anilines is 1. The number of aliphatic imine (C=N–C) groups is 1. The summed E-state index contributed by atoms with van der Waals surface area (Å²) in [5, 5.41) is 4.54. The van der Waals surface area contributed by atoms with Gasteiger partial charge in [-0.2, -0.15) is 4.37 Å². The molecule has 0 amide bonds. The summed E-state index contributed by atoms with van der Waals surface area (Å²) in [4.78, 5) is 13.7. The molecule has 1 fully saturated rings. The molecular formula is C20H30N6OS. The first-order valence-electron chi connectivity index (χ1n) is 9.81. The molecule has 0 spiro atoms. The van der Waals surface area contributed by atoms with E-state index in [4.69, 9.17) is 4.74 Å². The van der Waals surface area contributed by atoms with Gasteiger partial charge in [-0.25, -0.2) is 4.98 Å². The number of hydrogen-bond donors (Lipinski definition) is 1. The molecule has 2 heterocycles. The highest BCUT2D eigenvalue weighted by Gasteiger charge is 2.22. The minimum absolute atomic E-state index is 0.822. The van der Waals surface area contributed by atoms with Crippen LogP contribution in [0.4, 0.5) is 5.13 Å². The van der Waals surface area contributed by atoms with E-state index in [0.717, 1.165) is 68.2 Å². The van der Waals surface area contributed by atoms with Crippen LogP contribution >= 0.6 is 11.5 Å². The Hall–Kier alpha value is -2.35. The fourth-order valence-electron chi connectivity index (χ4n) is 3.37. The van der Waals surface area contributed by atoms with E-state index in [2.05, 4.69) is 55.4 Å². The van der Waals surface area contributed by atoms with Gasteiger partial charge < -0.3 is 19.9 Å². The summed E-state index contributed by atoms with van der Waals surface area (Å²) in [5.74, 6) is 2.84. The highest BCUT2D eigenvalue weighted by atomic mass is 32.1. The quantitative estimate of drug-likeness (QED) is 0.591. The van der Waals surface area contributed by atoms with Crippen LogP contribution < -0.4 is 15.0 Å². The lowest BCUT2D eigenvalue weighted by Crippen LogP contribution is -2.52. The van der Waals surface area contributed by atoms with Gasteiger partial charge in [-0.05, 0) is 25.0 Å². The summed E-state index contributed by atoms with van der Waals surface area (Å²) in [5.41, 5.74) is 2.47. The third kappa shape index (κ3) is 4.92. The number of methoxy groups -OCH3 is 1. The normalized spacial score (nSPS) is 15.1. The van der Waals surface area contributed by atoms with Crippen molar-refractivity contribution in [2.75, 3.05) is 51.8 Å². The minimum atomic E-state index is 0.822. The van der Waals surface area contributed by atoms with Crippen LogP contribution in [0.3, 0.4) is 0 Å². The molecule has 1 aliphatic rings. The van der Waals surface area contributed by atoms with Crippen LogP contribution in [0, 0.1) is 6.92 Å². The lowest BCUT2D eigenvalue weighted by molar-refractivity contribution is 0.372. The number of nitrogens with zero attached hydrogens (tertiary/aromatic N) is 5. The summed E-state index contributed by atoms with van der Waals surface area (Å²) in [6.45, 7) is 8.74. The summed E-state index contributed by atoms with van der Waals surface area (Å²) >= 11 is 1.50. The van der Waals surface area contributed by atoms with Crippen molar-refractivity contribution in [2.24, 2.45) is 4.99 Å². The van der Waals surface area contributed by atoms with Crippen molar-refractivity contribution in [1.82, 2.24) is 19.6 Å². The van der Waals surface area contributed by atoms with Crippen LogP contribution in [0.5, 0.6) is 5.75 Å². The highest BCUT2D eigenvalue weighted by molar-refractivity contribution is 7.09. The van der Waals surface area contributed by atoms with Gasteiger partial charge in [-0.3, -0.25) is 4.99 Å². The van der Waals surface area contributed by atoms with E-state index in [1.54, 1.807) is 7.11 Å². The van der Waals surface area contributed by atoms with Crippen molar-refractivity contribution in [3.63, 3.8) is 0 Å². The Kier molecular flexibility index (Phi) is 7.08. The van der Waals surface area contributed by atoms with Gasteiger partial charge in [0, 0.05) is 57.7 Å². The van der Waals surface area contributed by atoms with E-state index in [0.29, 0.717) is 0 Å². The molecule has 8 heteroatoms. The number of guanidine groups is 1. The molecule has 1 aromatic heterocycles. The average Bonchev–Trinajstić information content (AvgIpc) is 3.21. The molecule has 0 radical (unpaired) electrons. The van der Waals surface area contributed by atoms with Gasteiger partial charge >= 0.3 is 0 Å². The van der Waals surface area contributed by atoms with Gasteiger partial charge in [-0.1, -0.05) is 24.6 Å². The lowest BCUT2D eigenvalue weighted by Gasteiger charge is -2.36. The first-order chi connectivity index (χ1) is 13.6. The largest absolute Gasteiger partial charge is 0.496 e. The fourth-order valence-corrected chi connectivity index (χ4v) is 4.17. The maximum Gasteiger partial charge on any atom is 0.205 e. The number of ether oxygens (including phenoxy) is 1. The molecule has 0 atom stereocenters. The molecule has 0 bridgehead atoms. The molecule has 0 saturated carbocycles. The van der Waals surface area contributed by atoms with E-state index in [9.17, 15) is 0 Å². The van der Waals surface area contributed by atoms with Crippen LogP contribution in [0.1, 0.15) is 23.9 Å². The van der Waals surface area contributed by atoms with E-state index in [-0.39, 0.29) is 0 Å². The number of nitrogens with one attached hydrogen (secondary N) is 1. The Morgan fingerprint density at radius 2 is 2.07 bits per heavy atom. The van der Waals surface area contributed by atoms with Crippen molar-refractivity contribution in [3.05, 3.63) is 35.2 Å². The Bertz CT molecular complexity index is 798. The van der Waals surface area contributed by atoms with Crippen molar-refractivity contribution < 1.29 is 4.74 Å². The summed E-state index contributed by atoms with van der Waals surface area (Å²) in [7, 11) is 3.57. The Balaban J connectivity index is 1.50. The summed E-state index contributed by atoms with van der Waals surface area (Å²) in [6.07, 6.45) is 1.78. The van der Waals surface area contributed by atoms with Crippen LogP contribution in [0.25, 0.3) is 0 Å². The molecule has 2 aromatic rings. The zero-order valence-corrected chi connectivity index (χ0v) is 18.1. The number of benzene rings is 1. The van der Waals surface area contributed by atoms with Crippen LogP contribution in [-0.2, 0) is 12.8 Å². The molecule has 0 aliphatic carbocycles. The maximum atomic E-state index is 5.48. The number of piperazine rings is 1. The predicted octanol–water partition coefficient (Wildman–Crippen LogP) is 2.36. The second-order valence-corrected chi connectivity index (χ2v) is 7.59. The van der Waals surface area contributed by atoms with E-state index in [1.165, 1.54) is 22.7 Å². The van der Waals surface area contributed by atoms with Crippen LogP contribution in [0.15, 0.2) is 23.2 Å². The standard InChI is InChI=1S/C20H30N6OS/c1-5-18-23-20(28-24-18)26-12-10-25(11-13-26)19(21-3)22-9-8-16-14-15(2)6-7-17(16)27-4/h6-7,14H,5,8-13H2,1-4H3,(H,21,22). The minimum Gasteiger partial charge on any atom is -0.496 e. The SMILES string of the molecule is CCc1nsc(N2CCN(C(=NC)NCCc3cc(C)ccc3OC)CC2)n1. The smallest absolute Gasteiger partial charge is 0.205 e. The Morgan fingerprint density at radius 3 is 2.71 bits per heavy atom. The highest BCUT2D eigenvalue weighted by Crippen LogP contribution is 2.20. The van der Waals surface area contributed by atoms with Crippen molar-refractivity contribution in [2.45, 2.75) is 26.7 Å². The predicted molar refractivity (Wildman–Crippen MR) is 116 cm³/mol. The molecule has 1 aliphatic heterocycles. The first kappa shape index (κ1) is 20.4. The van der Waals surface area contributed by atoms with Crippen molar-refractivity contribution >= 4 is 22.6 Å². The van der Waals surface area contributed by atoms with Gasteiger partial charge in [0.1, 0.15) is 11.6 Å². The van der Waals surface area contributed by atoms with Crippen LogP contribution in [-0.4, -0.2) is 67.1 Å². The number of rotatable bonds is 6. The lowest BCUT2D eigenvalue weighted by atomic mass is 10.1. The van der Waals surface area contributed by atoms with Gasteiger partial charge in [0.15, 0.2) is 5.96 Å². The molecule has 7 nitrogen and oxygen atoms in total. The third-order valence-corrected chi connectivity index (χ3v) is 5.76. The Morgan fingerprint density at radius 1 is 1.29 bits per heavy atom. The average molecular weight is 403 g/mol. The van der Waals surface area contributed by atoms with E-state index >= 15 is 0 Å². The number of aromatic nitrogens is 2. The molecule has 3 rings (SSSR count). The van der Waals surface area contributed by atoms with Gasteiger partial charge in [-0.15, -0.1) is 0 Å². The molecule has 1 aromatic carbocycles. The monoisotopic (exact) mass is 402 g/mol. The van der Waals surface area contributed by atoms with Gasteiger partial charge in [0.2, 0.25) is 5.13 Å².